The fourth-order valence-corrected chi connectivity index (χ4v) is 2.02. The number of hydrogen-bond acceptors (Lipinski definition) is 2. The van der Waals surface area contributed by atoms with E-state index in [0.29, 0.717) is 0 Å². The zero-order valence-electron chi connectivity index (χ0n) is 11.2. The van der Waals surface area contributed by atoms with Gasteiger partial charge in [0, 0.05) is 0 Å². The zero-order valence-corrected chi connectivity index (χ0v) is 11.2. The lowest BCUT2D eigenvalue weighted by Crippen LogP contribution is -2.25. The van der Waals surface area contributed by atoms with Crippen molar-refractivity contribution in [2.24, 2.45) is 0 Å². The number of nitrogens with zero attached hydrogens (tertiary/aromatic N) is 1. The van der Waals surface area contributed by atoms with Gasteiger partial charge in [-0.3, -0.25) is 0 Å². The largest absolute Gasteiger partial charge is 0.414 e. The Morgan fingerprint density at radius 2 is 1.63 bits per heavy atom. The topological polar surface area (TPSA) is 12.5 Å². The summed E-state index contributed by atoms with van der Waals surface area (Å²) in [5.74, 6) is 0. The van der Waals surface area contributed by atoms with E-state index in [1.165, 1.54) is 17.4 Å². The SMILES string of the molecule is C=CON(Cc1ccccc1)C(C)c1ccccc1. The summed E-state index contributed by atoms with van der Waals surface area (Å²) in [5, 5.41) is 1.93. The van der Waals surface area contributed by atoms with Crippen molar-refractivity contribution in [3.63, 3.8) is 0 Å². The molecule has 0 bridgehead atoms. The van der Waals surface area contributed by atoms with E-state index in [2.05, 4.69) is 37.8 Å². The normalized spacial score (nSPS) is 12.1. The molecule has 98 valence electrons. The molecule has 0 aliphatic heterocycles. The van der Waals surface area contributed by atoms with Gasteiger partial charge in [-0.1, -0.05) is 67.2 Å². The van der Waals surface area contributed by atoms with Gasteiger partial charge < -0.3 is 4.84 Å². The van der Waals surface area contributed by atoms with Crippen molar-refractivity contribution >= 4 is 0 Å². The Morgan fingerprint density at radius 1 is 1.05 bits per heavy atom. The van der Waals surface area contributed by atoms with E-state index in [1.54, 1.807) is 0 Å². The van der Waals surface area contributed by atoms with Gasteiger partial charge in [0.25, 0.3) is 0 Å². The first-order chi connectivity index (χ1) is 9.31. The third-order valence-corrected chi connectivity index (χ3v) is 3.11. The van der Waals surface area contributed by atoms with E-state index >= 15 is 0 Å². The molecule has 0 fully saturated rings. The van der Waals surface area contributed by atoms with Crippen LogP contribution in [-0.4, -0.2) is 5.06 Å². The Labute approximate surface area is 114 Å². The zero-order chi connectivity index (χ0) is 13.5. The highest BCUT2D eigenvalue weighted by molar-refractivity contribution is 5.19. The summed E-state index contributed by atoms with van der Waals surface area (Å²) in [5.41, 5.74) is 2.44. The molecule has 2 nitrogen and oxygen atoms in total. The molecular formula is C17H19NO. The van der Waals surface area contributed by atoms with Crippen LogP contribution in [0.5, 0.6) is 0 Å². The Morgan fingerprint density at radius 3 is 2.21 bits per heavy atom. The van der Waals surface area contributed by atoms with E-state index < -0.39 is 0 Å². The van der Waals surface area contributed by atoms with Crippen molar-refractivity contribution in [3.05, 3.63) is 84.6 Å². The van der Waals surface area contributed by atoms with E-state index in [0.717, 1.165) is 6.54 Å². The van der Waals surface area contributed by atoms with Crippen molar-refractivity contribution < 1.29 is 4.84 Å². The second kappa shape index (κ2) is 6.76. The lowest BCUT2D eigenvalue weighted by atomic mass is 10.1. The van der Waals surface area contributed by atoms with Crippen LogP contribution in [0.3, 0.4) is 0 Å². The maximum Gasteiger partial charge on any atom is 0.104 e. The van der Waals surface area contributed by atoms with Gasteiger partial charge in [-0.05, 0) is 18.1 Å². The highest BCUT2D eigenvalue weighted by Crippen LogP contribution is 2.22. The molecule has 0 N–H and O–H groups in total. The molecule has 2 aromatic rings. The van der Waals surface area contributed by atoms with Crippen LogP contribution in [0.2, 0.25) is 0 Å². The highest BCUT2D eigenvalue weighted by atomic mass is 16.7. The second-order valence-electron chi connectivity index (χ2n) is 4.42. The molecule has 1 atom stereocenters. The fraction of sp³-hybridized carbons (Fsp3) is 0.176. The molecule has 0 aliphatic rings. The molecule has 2 heteroatoms. The molecule has 19 heavy (non-hydrogen) atoms. The van der Waals surface area contributed by atoms with Crippen LogP contribution in [-0.2, 0) is 11.4 Å². The second-order valence-corrected chi connectivity index (χ2v) is 4.42. The summed E-state index contributed by atoms with van der Waals surface area (Å²) >= 11 is 0. The Kier molecular flexibility index (Phi) is 4.76. The molecule has 0 saturated heterocycles. The molecule has 0 saturated carbocycles. The molecule has 2 aromatic carbocycles. The predicted molar refractivity (Wildman–Crippen MR) is 78.1 cm³/mol. The smallest absolute Gasteiger partial charge is 0.104 e. The minimum atomic E-state index is 0.166. The van der Waals surface area contributed by atoms with E-state index in [9.17, 15) is 0 Å². The van der Waals surface area contributed by atoms with Gasteiger partial charge in [-0.2, -0.15) is 0 Å². The van der Waals surface area contributed by atoms with Crippen LogP contribution in [0.15, 0.2) is 73.5 Å². The standard InChI is InChI=1S/C17H19NO/c1-3-19-18(14-16-10-6-4-7-11-16)15(2)17-12-8-5-9-13-17/h3-13,15H,1,14H2,2H3. The van der Waals surface area contributed by atoms with Crippen molar-refractivity contribution in [2.45, 2.75) is 19.5 Å². The number of hydrogen-bond donors (Lipinski definition) is 0. The average Bonchev–Trinajstić information content (AvgIpc) is 2.48. The van der Waals surface area contributed by atoms with Crippen LogP contribution >= 0.6 is 0 Å². The number of hydroxylamine groups is 2. The van der Waals surface area contributed by atoms with Gasteiger partial charge in [-0.15, -0.1) is 5.06 Å². The molecule has 2 rings (SSSR count). The van der Waals surface area contributed by atoms with Crippen LogP contribution in [0.4, 0.5) is 0 Å². The molecule has 0 aliphatic carbocycles. The average molecular weight is 253 g/mol. The molecule has 1 unspecified atom stereocenters. The molecule has 0 aromatic heterocycles. The quantitative estimate of drug-likeness (QED) is 0.561. The van der Waals surface area contributed by atoms with E-state index in [4.69, 9.17) is 4.84 Å². The third kappa shape index (κ3) is 3.70. The van der Waals surface area contributed by atoms with E-state index in [1.807, 2.05) is 41.5 Å². The van der Waals surface area contributed by atoms with Crippen LogP contribution in [0, 0.1) is 0 Å². The van der Waals surface area contributed by atoms with Crippen LogP contribution < -0.4 is 0 Å². The monoisotopic (exact) mass is 253 g/mol. The van der Waals surface area contributed by atoms with Gasteiger partial charge in [-0.25, -0.2) is 0 Å². The predicted octanol–water partition coefficient (Wildman–Crippen LogP) is 4.32. The number of benzene rings is 2. The van der Waals surface area contributed by atoms with Crippen LogP contribution in [0.1, 0.15) is 24.1 Å². The van der Waals surface area contributed by atoms with Crippen molar-refractivity contribution in [3.8, 4) is 0 Å². The first-order valence-electron chi connectivity index (χ1n) is 6.44. The first kappa shape index (κ1) is 13.4. The maximum absolute atomic E-state index is 5.56. The van der Waals surface area contributed by atoms with Crippen molar-refractivity contribution in [1.82, 2.24) is 5.06 Å². The molecular weight excluding hydrogens is 234 g/mol. The van der Waals surface area contributed by atoms with Crippen LogP contribution in [0.25, 0.3) is 0 Å². The minimum Gasteiger partial charge on any atom is -0.414 e. The fourth-order valence-electron chi connectivity index (χ4n) is 2.02. The summed E-state index contributed by atoms with van der Waals surface area (Å²) in [6.45, 7) is 6.51. The molecule has 0 amide bonds. The van der Waals surface area contributed by atoms with Gasteiger partial charge >= 0.3 is 0 Å². The molecule has 0 heterocycles. The lowest BCUT2D eigenvalue weighted by molar-refractivity contribution is -0.141. The summed E-state index contributed by atoms with van der Waals surface area (Å²) < 4.78 is 0. The molecule has 0 radical (unpaired) electrons. The van der Waals surface area contributed by atoms with E-state index in [-0.39, 0.29) is 6.04 Å². The van der Waals surface area contributed by atoms with Crippen molar-refractivity contribution in [2.75, 3.05) is 0 Å². The lowest BCUT2D eigenvalue weighted by Gasteiger charge is -2.27. The Hall–Kier alpha value is -2.06. The number of rotatable bonds is 6. The van der Waals surface area contributed by atoms with Gasteiger partial charge in [0.15, 0.2) is 0 Å². The summed E-state index contributed by atoms with van der Waals surface area (Å²) in [4.78, 5) is 5.56. The Balaban J connectivity index is 2.13. The minimum absolute atomic E-state index is 0.166. The summed E-state index contributed by atoms with van der Waals surface area (Å²) in [6.07, 6.45) is 1.47. The van der Waals surface area contributed by atoms with Gasteiger partial charge in [0.05, 0.1) is 12.6 Å². The first-order valence-corrected chi connectivity index (χ1v) is 6.44. The maximum atomic E-state index is 5.56. The van der Waals surface area contributed by atoms with Crippen molar-refractivity contribution in [1.29, 1.82) is 0 Å². The van der Waals surface area contributed by atoms with Gasteiger partial charge in [0.2, 0.25) is 0 Å². The van der Waals surface area contributed by atoms with Gasteiger partial charge in [0.1, 0.15) is 6.26 Å². The Bertz CT molecular complexity index is 495. The third-order valence-electron chi connectivity index (χ3n) is 3.11. The highest BCUT2D eigenvalue weighted by Gasteiger charge is 2.16. The summed E-state index contributed by atoms with van der Waals surface area (Å²) in [7, 11) is 0. The summed E-state index contributed by atoms with van der Waals surface area (Å²) in [6, 6.07) is 20.8. The molecule has 0 spiro atoms.